The second-order valence-electron chi connectivity index (χ2n) is 2.14. The number of allylic oxidation sites excluding steroid dienone is 1. The van der Waals surface area contributed by atoms with Crippen molar-refractivity contribution in [3.05, 3.63) is 45.9 Å². The zero-order valence-electron chi connectivity index (χ0n) is 6.13. The minimum Gasteiger partial charge on any atom is -0.289 e. The zero-order valence-corrected chi connectivity index (χ0v) is 8.47. The first kappa shape index (κ1) is 9.49. The van der Waals surface area contributed by atoms with Crippen LogP contribution in [0.25, 0.3) is 0 Å². The van der Waals surface area contributed by atoms with Gasteiger partial charge < -0.3 is 0 Å². The molecule has 0 heterocycles. The number of ketones is 1. The molecule has 3 heteroatoms. The molecular formula is C9H6BrClO. The van der Waals surface area contributed by atoms with Gasteiger partial charge in [-0.05, 0) is 18.2 Å². The fourth-order valence-corrected chi connectivity index (χ4v) is 1.40. The van der Waals surface area contributed by atoms with Crippen molar-refractivity contribution in [1.29, 1.82) is 0 Å². The SMILES string of the molecule is O=C(C=CCl)c1ccccc1Br. The maximum atomic E-state index is 11.3. The van der Waals surface area contributed by atoms with E-state index in [4.69, 9.17) is 11.6 Å². The van der Waals surface area contributed by atoms with E-state index >= 15 is 0 Å². The van der Waals surface area contributed by atoms with Gasteiger partial charge in [0, 0.05) is 15.6 Å². The lowest BCUT2D eigenvalue weighted by atomic mass is 10.1. The molecule has 1 nitrogen and oxygen atoms in total. The van der Waals surface area contributed by atoms with Crippen molar-refractivity contribution in [3.63, 3.8) is 0 Å². The van der Waals surface area contributed by atoms with Crippen molar-refractivity contribution in [3.8, 4) is 0 Å². The molecule has 1 aromatic rings. The van der Waals surface area contributed by atoms with E-state index in [1.54, 1.807) is 12.1 Å². The quantitative estimate of drug-likeness (QED) is 0.577. The molecule has 0 aliphatic rings. The minimum absolute atomic E-state index is 0.0996. The van der Waals surface area contributed by atoms with Gasteiger partial charge in [-0.15, -0.1) is 0 Å². The highest BCUT2D eigenvalue weighted by molar-refractivity contribution is 9.10. The monoisotopic (exact) mass is 244 g/mol. The van der Waals surface area contributed by atoms with Gasteiger partial charge in [-0.1, -0.05) is 39.7 Å². The number of hydrogen-bond donors (Lipinski definition) is 0. The molecule has 1 aromatic carbocycles. The number of rotatable bonds is 2. The van der Waals surface area contributed by atoms with Crippen LogP contribution in [0, 0.1) is 0 Å². The Morgan fingerprint density at radius 1 is 1.42 bits per heavy atom. The Labute approximate surface area is 84.2 Å². The van der Waals surface area contributed by atoms with Crippen LogP contribution in [0.2, 0.25) is 0 Å². The van der Waals surface area contributed by atoms with Gasteiger partial charge in [-0.3, -0.25) is 4.79 Å². The van der Waals surface area contributed by atoms with Gasteiger partial charge in [0.15, 0.2) is 5.78 Å². The predicted octanol–water partition coefficient (Wildman–Crippen LogP) is 3.38. The molecule has 62 valence electrons. The topological polar surface area (TPSA) is 17.1 Å². The Kier molecular flexibility index (Phi) is 3.50. The van der Waals surface area contributed by atoms with Crippen LogP contribution in [-0.2, 0) is 0 Å². The number of carbonyl (C=O) groups is 1. The lowest BCUT2D eigenvalue weighted by Gasteiger charge is -1.97. The Morgan fingerprint density at radius 2 is 2.08 bits per heavy atom. The Bertz CT molecular complexity index is 320. The molecule has 0 aromatic heterocycles. The third-order valence-electron chi connectivity index (χ3n) is 1.35. The average molecular weight is 246 g/mol. The van der Waals surface area contributed by atoms with Crippen LogP contribution in [-0.4, -0.2) is 5.78 Å². The van der Waals surface area contributed by atoms with Gasteiger partial charge in [0.25, 0.3) is 0 Å². The number of hydrogen-bond acceptors (Lipinski definition) is 1. The maximum absolute atomic E-state index is 11.3. The summed E-state index contributed by atoms with van der Waals surface area (Å²) < 4.78 is 0.782. The molecule has 0 saturated heterocycles. The van der Waals surface area contributed by atoms with Crippen LogP contribution in [0.1, 0.15) is 10.4 Å². The van der Waals surface area contributed by atoms with E-state index in [1.165, 1.54) is 11.6 Å². The molecule has 12 heavy (non-hydrogen) atoms. The Morgan fingerprint density at radius 3 is 2.67 bits per heavy atom. The van der Waals surface area contributed by atoms with E-state index in [0.29, 0.717) is 5.56 Å². The molecule has 1 rings (SSSR count). The number of halogens is 2. The molecule has 0 radical (unpaired) electrons. The molecule has 0 spiro atoms. The molecule has 0 amide bonds. The summed E-state index contributed by atoms with van der Waals surface area (Å²) in [5, 5.41) is 0. The highest BCUT2D eigenvalue weighted by atomic mass is 79.9. The molecule has 0 saturated carbocycles. The van der Waals surface area contributed by atoms with Crippen molar-refractivity contribution in [1.82, 2.24) is 0 Å². The van der Waals surface area contributed by atoms with Crippen LogP contribution in [0.3, 0.4) is 0 Å². The first-order valence-corrected chi connectivity index (χ1v) is 4.54. The van der Waals surface area contributed by atoms with Gasteiger partial charge in [-0.25, -0.2) is 0 Å². The van der Waals surface area contributed by atoms with Gasteiger partial charge in [0.1, 0.15) is 0 Å². The molecule has 0 N–H and O–H groups in total. The minimum atomic E-state index is -0.0996. The van der Waals surface area contributed by atoms with Crippen molar-refractivity contribution < 1.29 is 4.79 Å². The van der Waals surface area contributed by atoms with Crippen molar-refractivity contribution >= 4 is 33.3 Å². The summed E-state index contributed by atoms with van der Waals surface area (Å²) in [6.07, 6.45) is 1.32. The first-order chi connectivity index (χ1) is 5.75. The molecule has 0 aliphatic carbocycles. The standard InChI is InChI=1S/C9H6BrClO/c10-8-4-2-1-3-7(8)9(12)5-6-11/h1-6H. The van der Waals surface area contributed by atoms with Crippen molar-refractivity contribution in [2.45, 2.75) is 0 Å². The van der Waals surface area contributed by atoms with Crippen molar-refractivity contribution in [2.75, 3.05) is 0 Å². The highest BCUT2D eigenvalue weighted by Crippen LogP contribution is 2.16. The molecule has 0 atom stereocenters. The van der Waals surface area contributed by atoms with Crippen molar-refractivity contribution in [2.24, 2.45) is 0 Å². The summed E-state index contributed by atoms with van der Waals surface area (Å²) in [7, 11) is 0. The van der Waals surface area contributed by atoms with Gasteiger partial charge in [-0.2, -0.15) is 0 Å². The molecule has 0 fully saturated rings. The summed E-state index contributed by atoms with van der Waals surface area (Å²) in [4.78, 5) is 11.3. The average Bonchev–Trinajstić information content (AvgIpc) is 2.05. The van der Waals surface area contributed by atoms with Crippen LogP contribution >= 0.6 is 27.5 Å². The number of carbonyl (C=O) groups excluding carboxylic acids is 1. The van der Waals surface area contributed by atoms with E-state index in [2.05, 4.69) is 15.9 Å². The lowest BCUT2D eigenvalue weighted by molar-refractivity contribution is 0.104. The fraction of sp³-hybridized carbons (Fsp3) is 0. The van der Waals surface area contributed by atoms with Crippen LogP contribution in [0.15, 0.2) is 40.3 Å². The smallest absolute Gasteiger partial charge is 0.187 e. The normalized spacial score (nSPS) is 10.5. The third-order valence-corrected chi connectivity index (χ3v) is 2.17. The number of benzene rings is 1. The summed E-state index contributed by atoms with van der Waals surface area (Å²) in [5.41, 5.74) is 1.83. The summed E-state index contributed by atoms with van der Waals surface area (Å²) in [5.74, 6) is -0.0996. The molecular weight excluding hydrogens is 239 g/mol. The van der Waals surface area contributed by atoms with E-state index in [9.17, 15) is 4.79 Å². The Balaban J connectivity index is 3.03. The van der Waals surface area contributed by atoms with E-state index in [-0.39, 0.29) is 5.78 Å². The zero-order chi connectivity index (χ0) is 8.97. The van der Waals surface area contributed by atoms with Crippen LogP contribution < -0.4 is 0 Å². The van der Waals surface area contributed by atoms with Gasteiger partial charge >= 0.3 is 0 Å². The Hall–Kier alpha value is -0.600. The lowest BCUT2D eigenvalue weighted by Crippen LogP contribution is -1.94. The fourth-order valence-electron chi connectivity index (χ4n) is 0.808. The predicted molar refractivity (Wildman–Crippen MR) is 53.5 cm³/mol. The second-order valence-corrected chi connectivity index (χ2v) is 3.24. The molecule has 0 unspecified atom stereocenters. The van der Waals surface area contributed by atoms with Crippen LogP contribution in [0.5, 0.6) is 0 Å². The summed E-state index contributed by atoms with van der Waals surface area (Å²) in [6.45, 7) is 0. The van der Waals surface area contributed by atoms with E-state index in [0.717, 1.165) is 4.47 Å². The van der Waals surface area contributed by atoms with Gasteiger partial charge in [0.05, 0.1) is 0 Å². The largest absolute Gasteiger partial charge is 0.289 e. The summed E-state index contributed by atoms with van der Waals surface area (Å²) >= 11 is 8.55. The van der Waals surface area contributed by atoms with E-state index < -0.39 is 0 Å². The molecule has 0 aliphatic heterocycles. The van der Waals surface area contributed by atoms with Crippen LogP contribution in [0.4, 0.5) is 0 Å². The highest BCUT2D eigenvalue weighted by Gasteiger charge is 2.04. The summed E-state index contributed by atoms with van der Waals surface area (Å²) in [6, 6.07) is 7.21. The maximum Gasteiger partial charge on any atom is 0.187 e. The molecule has 0 bridgehead atoms. The van der Waals surface area contributed by atoms with Gasteiger partial charge in [0.2, 0.25) is 0 Å². The first-order valence-electron chi connectivity index (χ1n) is 3.31. The second kappa shape index (κ2) is 4.43. The van der Waals surface area contributed by atoms with E-state index in [1.807, 2.05) is 12.1 Å². The third kappa shape index (κ3) is 2.19.